The molecule has 6 heteroatoms. The molecule has 0 fully saturated rings. The van der Waals surface area contributed by atoms with Crippen molar-refractivity contribution in [2.24, 2.45) is 0 Å². The number of nitrogens with zero attached hydrogens (tertiary/aromatic N) is 1. The van der Waals surface area contributed by atoms with Crippen molar-refractivity contribution >= 4 is 38.5 Å². The second-order valence-corrected chi connectivity index (χ2v) is 4.98. The fourth-order valence-electron chi connectivity index (χ4n) is 1.13. The van der Waals surface area contributed by atoms with Crippen LogP contribution in [-0.4, -0.2) is 24.4 Å². The van der Waals surface area contributed by atoms with Crippen molar-refractivity contribution in [1.82, 2.24) is 4.73 Å². The molecule has 2 N–H and O–H groups in total. The van der Waals surface area contributed by atoms with Crippen molar-refractivity contribution in [1.29, 1.82) is 5.41 Å². The maximum atomic E-state index is 9.50. The number of hydrogen-bond donors (Lipinski definition) is 2. The molecule has 80 valence electrons. The van der Waals surface area contributed by atoms with E-state index in [9.17, 15) is 5.21 Å². The summed E-state index contributed by atoms with van der Waals surface area (Å²) in [7, 11) is 0. The third-order valence-electron chi connectivity index (χ3n) is 1.84. The van der Waals surface area contributed by atoms with Gasteiger partial charge in [-0.05, 0) is 0 Å². The number of benzene rings is 1. The van der Waals surface area contributed by atoms with E-state index in [1.807, 2.05) is 17.1 Å². The average molecular weight is 310 g/mol. The van der Waals surface area contributed by atoms with Gasteiger partial charge in [-0.2, -0.15) is 0 Å². The van der Waals surface area contributed by atoms with Crippen LogP contribution in [0.25, 0.3) is 11.3 Å². The molecule has 2 aromatic rings. The van der Waals surface area contributed by atoms with Gasteiger partial charge in [0.1, 0.15) is 0 Å². The Kier molecular flexibility index (Phi) is 4.05. The van der Waals surface area contributed by atoms with Crippen molar-refractivity contribution in [3.63, 3.8) is 0 Å². The van der Waals surface area contributed by atoms with Crippen LogP contribution < -0.4 is 4.36 Å². The zero-order chi connectivity index (χ0) is 10.1. The van der Waals surface area contributed by atoms with Gasteiger partial charge in [0, 0.05) is 0 Å². The Morgan fingerprint density at radius 2 is 1.87 bits per heavy atom. The first kappa shape index (κ1) is 12.4. The first-order valence-corrected chi connectivity index (χ1v) is 6.11. The topological polar surface area (TPSA) is 49.0 Å². The molecule has 0 radical (unpaired) electrons. The summed E-state index contributed by atoms with van der Waals surface area (Å²) < 4.78 is 1.17. The minimum absolute atomic E-state index is 0. The van der Waals surface area contributed by atoms with E-state index in [0.29, 0.717) is 10.7 Å². The molecule has 1 aromatic heterocycles. The number of nitrogens with one attached hydrogen (secondary N) is 1. The monoisotopic (exact) mass is 310 g/mol. The molecule has 1 aromatic carbocycles. The van der Waals surface area contributed by atoms with Crippen LogP contribution >= 0.6 is 24.0 Å². The summed E-state index contributed by atoms with van der Waals surface area (Å²) in [5.74, 6) is 0. The molecule has 0 bridgehead atoms. The standard InChI is InChI=1S/C9H7ClN2OSe.ClH/c10-7-3-1-6(2-4-7)8-5-14-9(11)12(8)13;/h1-5,11,13H;1H. The molecule has 0 unspecified atom stereocenters. The van der Waals surface area contributed by atoms with E-state index >= 15 is 0 Å². The van der Waals surface area contributed by atoms with Crippen molar-refractivity contribution in [2.45, 2.75) is 0 Å². The number of aromatic nitrogens is 1. The van der Waals surface area contributed by atoms with Gasteiger partial charge in [0.15, 0.2) is 0 Å². The molecule has 0 aliphatic rings. The number of hydrogen-bond acceptors (Lipinski definition) is 2. The van der Waals surface area contributed by atoms with E-state index in [-0.39, 0.29) is 31.3 Å². The Morgan fingerprint density at radius 3 is 2.33 bits per heavy atom. The zero-order valence-electron chi connectivity index (χ0n) is 7.48. The van der Waals surface area contributed by atoms with Gasteiger partial charge in [-0.3, -0.25) is 0 Å². The SMILES string of the molecule is Cl.N=c1[se]cc(-c2ccc(Cl)cc2)n1O. The van der Waals surface area contributed by atoms with E-state index in [1.165, 1.54) is 0 Å². The molecule has 0 aliphatic heterocycles. The van der Waals surface area contributed by atoms with E-state index in [4.69, 9.17) is 17.0 Å². The quantitative estimate of drug-likeness (QED) is 0.614. The second-order valence-electron chi connectivity index (χ2n) is 2.74. The van der Waals surface area contributed by atoms with E-state index in [1.54, 1.807) is 12.1 Å². The summed E-state index contributed by atoms with van der Waals surface area (Å²) in [6.45, 7) is 0. The van der Waals surface area contributed by atoms with Gasteiger partial charge in [0.2, 0.25) is 0 Å². The van der Waals surface area contributed by atoms with E-state index < -0.39 is 0 Å². The van der Waals surface area contributed by atoms with Gasteiger partial charge >= 0.3 is 91.3 Å². The molecule has 2 rings (SSSR count). The average Bonchev–Trinajstić information content (AvgIpc) is 2.50. The van der Waals surface area contributed by atoms with E-state index in [0.717, 1.165) is 10.3 Å². The molecular formula is C9H8Cl2N2OSe. The molecule has 0 saturated heterocycles. The van der Waals surface area contributed by atoms with Crippen LogP contribution in [0.1, 0.15) is 0 Å². The third-order valence-corrected chi connectivity index (χ3v) is 3.64. The first-order chi connectivity index (χ1) is 6.68. The molecular weight excluding hydrogens is 302 g/mol. The zero-order valence-corrected chi connectivity index (χ0v) is 10.8. The van der Waals surface area contributed by atoms with Crippen LogP contribution in [0.15, 0.2) is 29.2 Å². The van der Waals surface area contributed by atoms with Gasteiger partial charge in [-0.25, -0.2) is 0 Å². The van der Waals surface area contributed by atoms with Crippen LogP contribution in [0.5, 0.6) is 0 Å². The van der Waals surface area contributed by atoms with Gasteiger partial charge < -0.3 is 0 Å². The van der Waals surface area contributed by atoms with Gasteiger partial charge in [0.25, 0.3) is 0 Å². The predicted octanol–water partition coefficient (Wildman–Crippen LogP) is 2.00. The van der Waals surface area contributed by atoms with E-state index in [2.05, 4.69) is 0 Å². The third kappa shape index (κ3) is 2.47. The van der Waals surface area contributed by atoms with Crippen molar-refractivity contribution < 1.29 is 5.21 Å². The van der Waals surface area contributed by atoms with Crippen LogP contribution in [0.2, 0.25) is 5.02 Å². The van der Waals surface area contributed by atoms with Gasteiger partial charge in [0.05, 0.1) is 0 Å². The van der Waals surface area contributed by atoms with Gasteiger partial charge in [-0.1, -0.05) is 0 Å². The maximum absolute atomic E-state index is 9.50. The normalized spacial score (nSPS) is 9.67. The molecule has 1 heterocycles. The fraction of sp³-hybridized carbons (Fsp3) is 0. The summed E-state index contributed by atoms with van der Waals surface area (Å²) in [5.41, 5.74) is 1.55. The molecule has 0 saturated carbocycles. The minimum atomic E-state index is -0.0658. The summed E-state index contributed by atoms with van der Waals surface area (Å²) in [4.78, 5) is 1.87. The Hall–Kier alpha value is -0.671. The molecule has 0 aliphatic carbocycles. The molecule has 3 nitrogen and oxygen atoms in total. The summed E-state index contributed by atoms with van der Waals surface area (Å²) >= 11 is 5.68. The summed E-state index contributed by atoms with van der Waals surface area (Å²) in [6, 6.07) is 7.18. The number of rotatable bonds is 1. The van der Waals surface area contributed by atoms with Crippen LogP contribution in [0.3, 0.4) is 0 Å². The molecule has 0 spiro atoms. The predicted molar refractivity (Wildman–Crippen MR) is 62.1 cm³/mol. The first-order valence-electron chi connectivity index (χ1n) is 3.89. The van der Waals surface area contributed by atoms with Crippen molar-refractivity contribution in [3.8, 4) is 11.3 Å². The Morgan fingerprint density at radius 1 is 1.27 bits per heavy atom. The summed E-state index contributed by atoms with van der Waals surface area (Å²) in [5, 5.41) is 17.6. The Balaban J connectivity index is 0.00000112. The van der Waals surface area contributed by atoms with Crippen LogP contribution in [0.4, 0.5) is 0 Å². The van der Waals surface area contributed by atoms with Crippen LogP contribution in [0, 0.1) is 5.41 Å². The molecule has 15 heavy (non-hydrogen) atoms. The summed E-state index contributed by atoms with van der Waals surface area (Å²) in [6.07, 6.45) is 0. The van der Waals surface area contributed by atoms with Crippen LogP contribution in [-0.2, 0) is 0 Å². The Labute approximate surface area is 104 Å². The molecule has 0 atom stereocenters. The molecule has 0 amide bonds. The van der Waals surface area contributed by atoms with Crippen molar-refractivity contribution in [2.75, 3.05) is 0 Å². The van der Waals surface area contributed by atoms with Gasteiger partial charge in [-0.15, -0.1) is 12.4 Å². The second kappa shape index (κ2) is 4.90. The Bertz CT molecular complexity index is 504. The fourth-order valence-corrected chi connectivity index (χ4v) is 2.64. The number of halogens is 2. The van der Waals surface area contributed by atoms with Crippen molar-refractivity contribution in [3.05, 3.63) is 38.6 Å².